The van der Waals surface area contributed by atoms with Crippen molar-refractivity contribution in [1.29, 1.82) is 0 Å². The van der Waals surface area contributed by atoms with Gasteiger partial charge in [-0.25, -0.2) is 13.1 Å². The van der Waals surface area contributed by atoms with E-state index in [0.717, 1.165) is 19.3 Å². The van der Waals surface area contributed by atoms with E-state index in [0.29, 0.717) is 12.0 Å². The van der Waals surface area contributed by atoms with Gasteiger partial charge in [-0.2, -0.15) is 0 Å². The maximum Gasteiger partial charge on any atom is 0.242 e. The first-order valence-corrected chi connectivity index (χ1v) is 8.66. The monoisotopic (exact) mass is 327 g/mol. The number of hydrogen-bond donors (Lipinski definition) is 2. The lowest BCUT2D eigenvalue weighted by atomic mass is 9.80. The summed E-state index contributed by atoms with van der Waals surface area (Å²) in [4.78, 5) is 0.0741. The van der Waals surface area contributed by atoms with Gasteiger partial charge in [0, 0.05) is 17.5 Å². The molecule has 1 aromatic rings. The summed E-state index contributed by atoms with van der Waals surface area (Å²) in [5, 5.41) is 8.82. The standard InChI is InChI=1S/C15H18ClNO3S/c1-15(8-4-9-15)17-21(19,20)14-7-6-12(11-13(14)16)5-2-3-10-18/h6-7,11,17-18H,3-4,8-10H2,1H3. The van der Waals surface area contributed by atoms with Crippen LogP contribution in [0.15, 0.2) is 23.1 Å². The van der Waals surface area contributed by atoms with E-state index in [4.69, 9.17) is 16.7 Å². The molecule has 1 fully saturated rings. The second kappa shape index (κ2) is 6.37. The number of rotatable bonds is 4. The molecule has 0 spiro atoms. The average molecular weight is 328 g/mol. The Bertz CT molecular complexity index is 685. The molecule has 2 N–H and O–H groups in total. The van der Waals surface area contributed by atoms with Crippen LogP contribution in [0.4, 0.5) is 0 Å². The first kappa shape index (κ1) is 16.3. The maximum absolute atomic E-state index is 12.4. The molecule has 1 saturated carbocycles. The third-order valence-corrected chi connectivity index (χ3v) is 5.65. The smallest absolute Gasteiger partial charge is 0.242 e. The Kier molecular flexibility index (Phi) is 4.95. The zero-order chi connectivity index (χ0) is 15.5. The van der Waals surface area contributed by atoms with Crippen LogP contribution in [0.5, 0.6) is 0 Å². The summed E-state index contributed by atoms with van der Waals surface area (Å²) in [7, 11) is -3.62. The van der Waals surface area contributed by atoms with Crippen LogP contribution in [-0.2, 0) is 10.0 Å². The van der Waals surface area contributed by atoms with E-state index in [1.54, 1.807) is 6.07 Å². The highest BCUT2D eigenvalue weighted by atomic mass is 35.5. The van der Waals surface area contributed by atoms with Crippen molar-refractivity contribution in [2.45, 2.75) is 43.0 Å². The van der Waals surface area contributed by atoms with Gasteiger partial charge in [-0.15, -0.1) is 0 Å². The molecule has 1 aromatic carbocycles. The van der Waals surface area contributed by atoms with Gasteiger partial charge in [0.25, 0.3) is 0 Å². The second-order valence-electron chi connectivity index (χ2n) is 5.44. The zero-order valence-electron chi connectivity index (χ0n) is 11.8. The average Bonchev–Trinajstić information content (AvgIpc) is 2.36. The summed E-state index contributed by atoms with van der Waals surface area (Å²) in [5.41, 5.74) is 0.268. The molecular formula is C15H18ClNO3S. The van der Waals surface area contributed by atoms with Crippen molar-refractivity contribution in [3.8, 4) is 11.8 Å². The van der Waals surface area contributed by atoms with Crippen molar-refractivity contribution in [2.75, 3.05) is 6.61 Å². The van der Waals surface area contributed by atoms with Crippen molar-refractivity contribution in [1.82, 2.24) is 4.72 Å². The van der Waals surface area contributed by atoms with E-state index in [1.165, 1.54) is 12.1 Å². The lowest BCUT2D eigenvalue weighted by Crippen LogP contribution is -2.50. The van der Waals surface area contributed by atoms with Crippen molar-refractivity contribution in [3.05, 3.63) is 28.8 Å². The summed E-state index contributed by atoms with van der Waals surface area (Å²) in [6.45, 7) is 1.90. The SMILES string of the molecule is CC1(NS(=O)(=O)c2ccc(C#CCCO)cc2Cl)CCC1. The summed E-state index contributed by atoms with van der Waals surface area (Å²) in [6.07, 6.45) is 3.09. The largest absolute Gasteiger partial charge is 0.395 e. The summed E-state index contributed by atoms with van der Waals surface area (Å²) in [5.74, 6) is 5.60. The van der Waals surface area contributed by atoms with Crippen LogP contribution < -0.4 is 4.72 Å². The number of nitrogens with one attached hydrogen (secondary N) is 1. The molecule has 21 heavy (non-hydrogen) atoms. The van der Waals surface area contributed by atoms with Crippen LogP contribution in [0, 0.1) is 11.8 Å². The molecule has 1 aliphatic carbocycles. The van der Waals surface area contributed by atoms with Gasteiger partial charge in [0.1, 0.15) is 4.90 Å². The molecule has 0 atom stereocenters. The van der Waals surface area contributed by atoms with E-state index in [9.17, 15) is 8.42 Å². The van der Waals surface area contributed by atoms with Crippen LogP contribution in [0.25, 0.3) is 0 Å². The van der Waals surface area contributed by atoms with Crippen LogP contribution >= 0.6 is 11.6 Å². The fourth-order valence-corrected chi connectivity index (χ4v) is 4.22. The Morgan fingerprint density at radius 3 is 2.67 bits per heavy atom. The molecule has 1 aliphatic rings. The lowest BCUT2D eigenvalue weighted by Gasteiger charge is -2.38. The van der Waals surface area contributed by atoms with E-state index >= 15 is 0 Å². The molecule has 2 rings (SSSR count). The maximum atomic E-state index is 12.4. The molecule has 0 aromatic heterocycles. The first-order chi connectivity index (χ1) is 9.86. The molecule has 114 valence electrons. The molecule has 6 heteroatoms. The van der Waals surface area contributed by atoms with Gasteiger partial charge in [0.2, 0.25) is 10.0 Å². The molecule has 0 amide bonds. The predicted octanol–water partition coefficient (Wildman–Crippen LogP) is 2.29. The minimum absolute atomic E-state index is 0.00427. The van der Waals surface area contributed by atoms with Crippen LogP contribution in [0.1, 0.15) is 38.2 Å². The number of aliphatic hydroxyl groups excluding tert-OH is 1. The van der Waals surface area contributed by atoms with Gasteiger partial charge in [-0.05, 0) is 44.4 Å². The number of halogens is 1. The van der Waals surface area contributed by atoms with Gasteiger partial charge in [0.15, 0.2) is 0 Å². The minimum Gasteiger partial charge on any atom is -0.395 e. The normalized spacial score (nSPS) is 16.7. The van der Waals surface area contributed by atoms with Crippen LogP contribution in [-0.4, -0.2) is 25.7 Å². The molecule has 4 nitrogen and oxygen atoms in total. The number of sulfonamides is 1. The molecule has 0 radical (unpaired) electrons. The Labute approximate surface area is 130 Å². The third-order valence-electron chi connectivity index (χ3n) is 3.53. The van der Waals surface area contributed by atoms with E-state index in [2.05, 4.69) is 16.6 Å². The van der Waals surface area contributed by atoms with E-state index in [1.807, 2.05) is 6.92 Å². The topological polar surface area (TPSA) is 66.4 Å². The summed E-state index contributed by atoms with van der Waals surface area (Å²) < 4.78 is 27.5. The van der Waals surface area contributed by atoms with Crippen molar-refractivity contribution < 1.29 is 13.5 Å². The molecule has 0 unspecified atom stereocenters. The van der Waals surface area contributed by atoms with E-state index < -0.39 is 10.0 Å². The third kappa shape index (κ3) is 3.98. The number of benzene rings is 1. The highest BCUT2D eigenvalue weighted by molar-refractivity contribution is 7.89. The Balaban J connectivity index is 2.22. The minimum atomic E-state index is -3.62. The van der Waals surface area contributed by atoms with Gasteiger partial charge in [0.05, 0.1) is 11.6 Å². The number of aliphatic hydroxyl groups is 1. The van der Waals surface area contributed by atoms with Crippen LogP contribution in [0.3, 0.4) is 0 Å². The summed E-state index contributed by atoms with van der Waals surface area (Å²) in [6, 6.07) is 4.62. The van der Waals surface area contributed by atoms with Gasteiger partial charge in [-0.1, -0.05) is 23.4 Å². The highest BCUT2D eigenvalue weighted by Crippen LogP contribution is 2.33. The van der Waals surface area contributed by atoms with Crippen LogP contribution in [0.2, 0.25) is 5.02 Å². The fraction of sp³-hybridized carbons (Fsp3) is 0.467. The molecule has 0 bridgehead atoms. The molecule has 0 aliphatic heterocycles. The summed E-state index contributed by atoms with van der Waals surface area (Å²) >= 11 is 6.08. The Morgan fingerprint density at radius 2 is 2.14 bits per heavy atom. The molecule has 0 saturated heterocycles. The van der Waals surface area contributed by atoms with Gasteiger partial charge >= 0.3 is 0 Å². The number of hydrogen-bond acceptors (Lipinski definition) is 3. The quantitative estimate of drug-likeness (QED) is 0.834. The lowest BCUT2D eigenvalue weighted by molar-refractivity contribution is 0.248. The van der Waals surface area contributed by atoms with Crippen molar-refractivity contribution in [3.63, 3.8) is 0 Å². The zero-order valence-corrected chi connectivity index (χ0v) is 13.4. The molecule has 0 heterocycles. The van der Waals surface area contributed by atoms with Gasteiger partial charge in [-0.3, -0.25) is 0 Å². The Morgan fingerprint density at radius 1 is 1.43 bits per heavy atom. The fourth-order valence-electron chi connectivity index (χ4n) is 2.21. The van der Waals surface area contributed by atoms with Crippen molar-refractivity contribution >= 4 is 21.6 Å². The van der Waals surface area contributed by atoms with Gasteiger partial charge < -0.3 is 5.11 Å². The Hall–Kier alpha value is -1.06. The predicted molar refractivity (Wildman–Crippen MR) is 82.6 cm³/mol. The molecular weight excluding hydrogens is 310 g/mol. The van der Waals surface area contributed by atoms with Crippen molar-refractivity contribution in [2.24, 2.45) is 0 Å². The highest BCUT2D eigenvalue weighted by Gasteiger charge is 2.36. The van der Waals surface area contributed by atoms with E-state index in [-0.39, 0.29) is 22.1 Å². The second-order valence-corrected chi connectivity index (χ2v) is 7.50. The first-order valence-electron chi connectivity index (χ1n) is 6.80.